The molecule has 1 N–H and O–H groups in total. The van der Waals surface area contributed by atoms with Gasteiger partial charge >= 0.3 is 0 Å². The van der Waals surface area contributed by atoms with Gasteiger partial charge in [0.1, 0.15) is 30.4 Å². The standard InChI is InChI=1S/C24H22F3NO5/c1-31-21-10-18(6-7-20(21)33-15-23(30)13-24(26,27)14-23)28-9-8-19(11-22(28)29)32-12-16-2-4-17(25)5-3-16/h2-11,30H,12-15H2,1H3. The number of aliphatic hydroxyl groups is 1. The van der Waals surface area contributed by atoms with E-state index < -0.39 is 24.4 Å². The van der Waals surface area contributed by atoms with Gasteiger partial charge in [-0.15, -0.1) is 0 Å². The number of pyridine rings is 1. The lowest BCUT2D eigenvalue weighted by atomic mass is 9.77. The van der Waals surface area contributed by atoms with Crippen molar-refractivity contribution in [2.24, 2.45) is 0 Å². The zero-order valence-electron chi connectivity index (χ0n) is 17.8. The highest BCUT2D eigenvalue weighted by atomic mass is 19.3. The van der Waals surface area contributed by atoms with Crippen LogP contribution in [0.5, 0.6) is 17.2 Å². The number of aromatic nitrogens is 1. The van der Waals surface area contributed by atoms with Crippen molar-refractivity contribution in [1.82, 2.24) is 4.57 Å². The average molecular weight is 461 g/mol. The third-order valence-corrected chi connectivity index (χ3v) is 5.31. The number of hydrogen-bond donors (Lipinski definition) is 1. The van der Waals surface area contributed by atoms with E-state index >= 15 is 0 Å². The van der Waals surface area contributed by atoms with Crippen LogP contribution in [0.4, 0.5) is 13.2 Å². The van der Waals surface area contributed by atoms with Gasteiger partial charge in [-0.25, -0.2) is 13.2 Å². The maximum absolute atomic E-state index is 13.1. The number of alkyl halides is 2. The number of rotatable bonds is 8. The monoisotopic (exact) mass is 461 g/mol. The van der Waals surface area contributed by atoms with Crippen molar-refractivity contribution >= 4 is 0 Å². The van der Waals surface area contributed by atoms with Crippen LogP contribution in [0.2, 0.25) is 0 Å². The van der Waals surface area contributed by atoms with Gasteiger partial charge in [0, 0.05) is 31.2 Å². The molecule has 0 amide bonds. The first-order chi connectivity index (χ1) is 15.7. The molecule has 3 aromatic rings. The molecule has 1 aliphatic rings. The molecule has 33 heavy (non-hydrogen) atoms. The van der Waals surface area contributed by atoms with Crippen LogP contribution in [-0.4, -0.2) is 34.9 Å². The number of benzene rings is 2. The molecule has 1 aromatic heterocycles. The first-order valence-electron chi connectivity index (χ1n) is 10.2. The van der Waals surface area contributed by atoms with Crippen LogP contribution in [-0.2, 0) is 6.61 Å². The molecule has 0 aliphatic heterocycles. The van der Waals surface area contributed by atoms with Crippen molar-refractivity contribution in [2.75, 3.05) is 13.7 Å². The predicted molar refractivity (Wildman–Crippen MR) is 114 cm³/mol. The first-order valence-corrected chi connectivity index (χ1v) is 10.2. The summed E-state index contributed by atoms with van der Waals surface area (Å²) in [7, 11) is 1.41. The van der Waals surface area contributed by atoms with Crippen molar-refractivity contribution in [3.8, 4) is 22.9 Å². The fourth-order valence-corrected chi connectivity index (χ4v) is 3.66. The van der Waals surface area contributed by atoms with Gasteiger partial charge in [0.15, 0.2) is 11.5 Å². The van der Waals surface area contributed by atoms with Crippen molar-refractivity contribution in [3.05, 3.63) is 82.5 Å². The van der Waals surface area contributed by atoms with Gasteiger partial charge < -0.3 is 19.3 Å². The molecule has 4 rings (SSSR count). The summed E-state index contributed by atoms with van der Waals surface area (Å²) in [5.41, 5.74) is -0.680. The van der Waals surface area contributed by atoms with E-state index in [1.165, 1.54) is 36.1 Å². The average Bonchev–Trinajstić information content (AvgIpc) is 2.76. The van der Waals surface area contributed by atoms with Gasteiger partial charge in [0.2, 0.25) is 0 Å². The van der Waals surface area contributed by atoms with Crippen molar-refractivity contribution in [3.63, 3.8) is 0 Å². The lowest BCUT2D eigenvalue weighted by molar-refractivity contribution is -0.215. The molecule has 1 aliphatic carbocycles. The van der Waals surface area contributed by atoms with Crippen LogP contribution in [0.3, 0.4) is 0 Å². The Morgan fingerprint density at radius 3 is 2.36 bits per heavy atom. The molecule has 174 valence electrons. The third kappa shape index (κ3) is 5.31. The minimum Gasteiger partial charge on any atom is -0.493 e. The van der Waals surface area contributed by atoms with Crippen LogP contribution < -0.4 is 19.8 Å². The molecule has 0 atom stereocenters. The highest BCUT2D eigenvalue weighted by molar-refractivity contribution is 5.49. The number of nitrogens with zero attached hydrogens (tertiary/aromatic N) is 1. The van der Waals surface area contributed by atoms with E-state index in [1.54, 1.807) is 36.4 Å². The molecular formula is C24H22F3NO5. The molecule has 2 aromatic carbocycles. The highest BCUT2D eigenvalue weighted by Gasteiger charge is 2.56. The normalized spacial score (nSPS) is 16.0. The summed E-state index contributed by atoms with van der Waals surface area (Å²) >= 11 is 0. The van der Waals surface area contributed by atoms with Gasteiger partial charge in [0.05, 0.1) is 12.8 Å². The molecule has 0 saturated heterocycles. The first kappa shape index (κ1) is 22.7. The molecule has 1 saturated carbocycles. The SMILES string of the molecule is COc1cc(-n2ccc(OCc3ccc(F)cc3)cc2=O)ccc1OCC1(O)CC(F)(F)C1. The Morgan fingerprint density at radius 1 is 1.00 bits per heavy atom. The zero-order valence-corrected chi connectivity index (χ0v) is 17.8. The van der Waals surface area contributed by atoms with Gasteiger partial charge in [-0.3, -0.25) is 9.36 Å². The van der Waals surface area contributed by atoms with Crippen molar-refractivity contribution in [2.45, 2.75) is 31.0 Å². The number of ether oxygens (including phenoxy) is 3. The summed E-state index contributed by atoms with van der Waals surface area (Å²) in [4.78, 5) is 12.6. The van der Waals surface area contributed by atoms with E-state index in [-0.39, 0.29) is 36.1 Å². The van der Waals surface area contributed by atoms with Gasteiger partial charge in [-0.05, 0) is 35.9 Å². The Hall–Kier alpha value is -3.46. The second-order valence-electron chi connectivity index (χ2n) is 8.04. The second kappa shape index (κ2) is 8.82. The van der Waals surface area contributed by atoms with Crippen LogP contribution in [0.15, 0.2) is 65.6 Å². The predicted octanol–water partition coefficient (Wildman–Crippen LogP) is 4.10. The van der Waals surface area contributed by atoms with Gasteiger partial charge in [-0.2, -0.15) is 0 Å². The largest absolute Gasteiger partial charge is 0.493 e. The Bertz CT molecular complexity index is 1190. The molecule has 0 unspecified atom stereocenters. The Kier molecular flexibility index (Phi) is 6.07. The molecule has 0 spiro atoms. The maximum Gasteiger partial charge on any atom is 0.258 e. The molecule has 6 nitrogen and oxygen atoms in total. The van der Waals surface area contributed by atoms with E-state index in [9.17, 15) is 23.1 Å². The summed E-state index contributed by atoms with van der Waals surface area (Å²) in [6, 6.07) is 13.5. The number of hydrogen-bond acceptors (Lipinski definition) is 5. The van der Waals surface area contributed by atoms with Gasteiger partial charge in [0.25, 0.3) is 11.5 Å². The Labute approximate surface area is 187 Å². The number of methoxy groups -OCH3 is 1. The molecule has 9 heteroatoms. The van der Waals surface area contributed by atoms with E-state index in [0.717, 1.165) is 5.56 Å². The van der Waals surface area contributed by atoms with Crippen molar-refractivity contribution in [1.29, 1.82) is 0 Å². The topological polar surface area (TPSA) is 69.9 Å². The molecule has 0 bridgehead atoms. The lowest BCUT2D eigenvalue weighted by Crippen LogP contribution is -2.55. The molecule has 1 fully saturated rings. The Balaban J connectivity index is 1.44. The molecular weight excluding hydrogens is 439 g/mol. The zero-order chi connectivity index (χ0) is 23.6. The summed E-state index contributed by atoms with van der Waals surface area (Å²) in [6.45, 7) is -0.111. The summed E-state index contributed by atoms with van der Waals surface area (Å²) in [5.74, 6) is -2.31. The summed E-state index contributed by atoms with van der Waals surface area (Å²) in [6.07, 6.45) is 0.244. The van der Waals surface area contributed by atoms with Gasteiger partial charge in [-0.1, -0.05) is 12.1 Å². The van der Waals surface area contributed by atoms with E-state index in [2.05, 4.69) is 0 Å². The van der Waals surface area contributed by atoms with Crippen LogP contribution >= 0.6 is 0 Å². The smallest absolute Gasteiger partial charge is 0.258 e. The minimum atomic E-state index is -2.87. The maximum atomic E-state index is 13.1. The number of halogens is 3. The molecule has 1 heterocycles. The van der Waals surface area contributed by atoms with E-state index in [4.69, 9.17) is 14.2 Å². The Morgan fingerprint density at radius 2 is 1.73 bits per heavy atom. The summed E-state index contributed by atoms with van der Waals surface area (Å²) in [5, 5.41) is 10.1. The summed E-state index contributed by atoms with van der Waals surface area (Å²) < 4.78 is 56.9. The fraction of sp³-hybridized carbons (Fsp3) is 0.292. The quantitative estimate of drug-likeness (QED) is 0.547. The second-order valence-corrected chi connectivity index (χ2v) is 8.04. The van der Waals surface area contributed by atoms with Crippen LogP contribution in [0, 0.1) is 5.82 Å². The lowest BCUT2D eigenvalue weighted by Gasteiger charge is -2.42. The minimum absolute atomic E-state index is 0.182. The van der Waals surface area contributed by atoms with Crippen LogP contribution in [0.25, 0.3) is 5.69 Å². The highest BCUT2D eigenvalue weighted by Crippen LogP contribution is 2.46. The van der Waals surface area contributed by atoms with E-state index in [0.29, 0.717) is 11.4 Å². The fourth-order valence-electron chi connectivity index (χ4n) is 3.66. The van der Waals surface area contributed by atoms with E-state index in [1.807, 2.05) is 0 Å². The van der Waals surface area contributed by atoms with Crippen molar-refractivity contribution < 1.29 is 32.5 Å². The van der Waals surface area contributed by atoms with Crippen LogP contribution in [0.1, 0.15) is 18.4 Å². The molecule has 0 radical (unpaired) electrons. The third-order valence-electron chi connectivity index (χ3n) is 5.31.